The molecular formula is C15H23NO3. The van der Waals surface area contributed by atoms with Gasteiger partial charge in [-0.3, -0.25) is 0 Å². The molecule has 0 saturated carbocycles. The van der Waals surface area contributed by atoms with Gasteiger partial charge in [0.05, 0.1) is 5.56 Å². The minimum absolute atomic E-state index is 0.276. The maximum atomic E-state index is 10.7. The highest BCUT2D eigenvalue weighted by Gasteiger charge is 2.12. The van der Waals surface area contributed by atoms with E-state index >= 15 is 0 Å². The lowest BCUT2D eigenvalue weighted by atomic mass is 10.1. The molecule has 0 aliphatic carbocycles. The Balaban J connectivity index is 2.39. The van der Waals surface area contributed by atoms with Gasteiger partial charge in [0.25, 0.3) is 0 Å². The Kier molecular flexibility index (Phi) is 5.83. The first kappa shape index (κ1) is 15.5. The maximum Gasteiger partial charge on any atom is 0.335 e. The van der Waals surface area contributed by atoms with E-state index in [1.54, 1.807) is 24.3 Å². The molecule has 0 heterocycles. The first-order chi connectivity index (χ1) is 8.91. The van der Waals surface area contributed by atoms with Gasteiger partial charge in [-0.25, -0.2) is 4.79 Å². The van der Waals surface area contributed by atoms with E-state index in [0.29, 0.717) is 24.3 Å². The molecule has 0 bridgehead atoms. The molecule has 1 aromatic carbocycles. The Bertz CT molecular complexity index is 400. The highest BCUT2D eigenvalue weighted by molar-refractivity contribution is 5.87. The Morgan fingerprint density at radius 2 is 1.84 bits per heavy atom. The van der Waals surface area contributed by atoms with Crippen molar-refractivity contribution >= 4 is 5.97 Å². The molecule has 4 heteroatoms. The zero-order chi connectivity index (χ0) is 14.4. The van der Waals surface area contributed by atoms with Crippen LogP contribution in [0.25, 0.3) is 0 Å². The van der Waals surface area contributed by atoms with Gasteiger partial charge in [0.1, 0.15) is 12.4 Å². The summed E-state index contributed by atoms with van der Waals surface area (Å²) in [6, 6.07) is 7.00. The molecule has 106 valence electrons. The summed E-state index contributed by atoms with van der Waals surface area (Å²) < 4.78 is 5.61. The zero-order valence-corrected chi connectivity index (χ0v) is 12.1. The van der Waals surface area contributed by atoms with Crippen molar-refractivity contribution in [2.24, 2.45) is 5.92 Å². The van der Waals surface area contributed by atoms with E-state index in [1.807, 2.05) is 0 Å². The van der Waals surface area contributed by atoms with Crippen LogP contribution in [0.15, 0.2) is 24.3 Å². The summed E-state index contributed by atoms with van der Waals surface area (Å²) in [5.74, 6) is 0.396. The van der Waals surface area contributed by atoms with Crippen molar-refractivity contribution in [2.75, 3.05) is 20.2 Å². The molecule has 1 aromatic rings. The first-order valence-corrected chi connectivity index (χ1v) is 6.58. The third kappa shape index (κ3) is 4.91. The minimum Gasteiger partial charge on any atom is -0.492 e. The Morgan fingerprint density at radius 3 is 2.32 bits per heavy atom. The van der Waals surface area contributed by atoms with Crippen molar-refractivity contribution in [3.63, 3.8) is 0 Å². The summed E-state index contributed by atoms with van der Waals surface area (Å²) in [6.45, 7) is 8.05. The third-order valence-electron chi connectivity index (χ3n) is 3.47. The summed E-state index contributed by atoms with van der Waals surface area (Å²) in [5.41, 5.74) is 0.276. The van der Waals surface area contributed by atoms with E-state index in [-0.39, 0.29) is 5.56 Å². The van der Waals surface area contributed by atoms with E-state index in [4.69, 9.17) is 9.84 Å². The van der Waals surface area contributed by atoms with E-state index in [2.05, 4.69) is 32.7 Å². The highest BCUT2D eigenvalue weighted by atomic mass is 16.5. The lowest BCUT2D eigenvalue weighted by molar-refractivity contribution is 0.0697. The fourth-order valence-electron chi connectivity index (χ4n) is 1.71. The summed E-state index contributed by atoms with van der Waals surface area (Å²) in [4.78, 5) is 13.0. The molecule has 0 aromatic heterocycles. The normalized spacial score (nSPS) is 12.7. The van der Waals surface area contributed by atoms with Crippen LogP contribution in [0, 0.1) is 5.92 Å². The Labute approximate surface area is 115 Å². The van der Waals surface area contributed by atoms with Gasteiger partial charge < -0.3 is 14.7 Å². The largest absolute Gasteiger partial charge is 0.492 e. The van der Waals surface area contributed by atoms with Gasteiger partial charge in [-0.2, -0.15) is 0 Å². The van der Waals surface area contributed by atoms with E-state index in [9.17, 15) is 4.79 Å². The van der Waals surface area contributed by atoms with Crippen LogP contribution in [0.5, 0.6) is 5.75 Å². The van der Waals surface area contributed by atoms with Gasteiger partial charge in [0.2, 0.25) is 0 Å². The second kappa shape index (κ2) is 7.14. The van der Waals surface area contributed by atoms with Gasteiger partial charge in [-0.15, -0.1) is 0 Å². The summed E-state index contributed by atoms with van der Waals surface area (Å²) in [7, 11) is 2.08. The number of ether oxygens (including phenoxy) is 1. The number of carboxylic acid groups (broad SMARTS) is 1. The van der Waals surface area contributed by atoms with Crippen LogP contribution in [0.3, 0.4) is 0 Å². The smallest absolute Gasteiger partial charge is 0.335 e. The SMILES string of the molecule is CC(C)C(C)N(C)CCOc1ccc(C(=O)O)cc1. The average Bonchev–Trinajstić information content (AvgIpc) is 2.38. The highest BCUT2D eigenvalue weighted by Crippen LogP contribution is 2.13. The number of hydrogen-bond acceptors (Lipinski definition) is 3. The molecular weight excluding hydrogens is 242 g/mol. The minimum atomic E-state index is -0.919. The lowest BCUT2D eigenvalue weighted by Gasteiger charge is -2.27. The first-order valence-electron chi connectivity index (χ1n) is 6.58. The van der Waals surface area contributed by atoms with Gasteiger partial charge in [-0.05, 0) is 44.2 Å². The van der Waals surface area contributed by atoms with Crippen LogP contribution in [0.1, 0.15) is 31.1 Å². The van der Waals surface area contributed by atoms with Crippen LogP contribution in [0.4, 0.5) is 0 Å². The number of hydrogen-bond donors (Lipinski definition) is 1. The summed E-state index contributed by atoms with van der Waals surface area (Å²) in [6.07, 6.45) is 0. The quantitative estimate of drug-likeness (QED) is 0.823. The van der Waals surface area contributed by atoms with Gasteiger partial charge in [-0.1, -0.05) is 13.8 Å². The second-order valence-electron chi connectivity index (χ2n) is 5.14. The van der Waals surface area contributed by atoms with Crippen LogP contribution >= 0.6 is 0 Å². The van der Waals surface area contributed by atoms with Crippen molar-refractivity contribution in [1.82, 2.24) is 4.90 Å². The standard InChI is InChI=1S/C15H23NO3/c1-11(2)12(3)16(4)9-10-19-14-7-5-13(6-8-14)15(17)18/h5-8,11-12H,9-10H2,1-4H3,(H,17,18). The van der Waals surface area contributed by atoms with Crippen LogP contribution in [0.2, 0.25) is 0 Å². The lowest BCUT2D eigenvalue weighted by Crippen LogP contribution is -2.36. The van der Waals surface area contributed by atoms with Crippen molar-refractivity contribution in [2.45, 2.75) is 26.8 Å². The number of carbonyl (C=O) groups is 1. The molecule has 0 amide bonds. The zero-order valence-electron chi connectivity index (χ0n) is 12.1. The van der Waals surface area contributed by atoms with Gasteiger partial charge >= 0.3 is 5.97 Å². The number of nitrogens with zero attached hydrogens (tertiary/aromatic N) is 1. The van der Waals surface area contributed by atoms with Crippen molar-refractivity contribution in [1.29, 1.82) is 0 Å². The second-order valence-corrected chi connectivity index (χ2v) is 5.14. The van der Waals surface area contributed by atoms with Gasteiger partial charge in [0.15, 0.2) is 0 Å². The predicted molar refractivity (Wildman–Crippen MR) is 75.8 cm³/mol. The Morgan fingerprint density at radius 1 is 1.26 bits per heavy atom. The van der Waals surface area contributed by atoms with E-state index < -0.39 is 5.97 Å². The number of rotatable bonds is 7. The van der Waals surface area contributed by atoms with E-state index in [1.165, 1.54) is 0 Å². The number of aromatic carboxylic acids is 1. The molecule has 4 nitrogen and oxygen atoms in total. The molecule has 1 rings (SSSR count). The van der Waals surface area contributed by atoms with Gasteiger partial charge in [0, 0.05) is 12.6 Å². The topological polar surface area (TPSA) is 49.8 Å². The molecule has 0 aliphatic heterocycles. The monoisotopic (exact) mass is 265 g/mol. The molecule has 0 radical (unpaired) electrons. The molecule has 0 spiro atoms. The summed E-state index contributed by atoms with van der Waals surface area (Å²) >= 11 is 0. The molecule has 0 saturated heterocycles. The van der Waals surface area contributed by atoms with Crippen molar-refractivity contribution < 1.29 is 14.6 Å². The number of carboxylic acids is 1. The van der Waals surface area contributed by atoms with Crippen LogP contribution < -0.4 is 4.74 Å². The molecule has 1 unspecified atom stereocenters. The van der Waals surface area contributed by atoms with E-state index in [0.717, 1.165) is 6.54 Å². The molecule has 1 atom stereocenters. The van der Waals surface area contributed by atoms with Crippen molar-refractivity contribution in [3.05, 3.63) is 29.8 Å². The molecule has 19 heavy (non-hydrogen) atoms. The molecule has 0 aliphatic rings. The van der Waals surface area contributed by atoms with Crippen LogP contribution in [-0.4, -0.2) is 42.2 Å². The van der Waals surface area contributed by atoms with Crippen LogP contribution in [-0.2, 0) is 0 Å². The number of likely N-dealkylation sites (N-methyl/N-ethyl adjacent to an activating group) is 1. The fraction of sp³-hybridized carbons (Fsp3) is 0.533. The fourth-order valence-corrected chi connectivity index (χ4v) is 1.71. The Hall–Kier alpha value is -1.55. The molecule has 1 N–H and O–H groups in total. The van der Waals surface area contributed by atoms with Crippen molar-refractivity contribution in [3.8, 4) is 5.75 Å². The third-order valence-corrected chi connectivity index (χ3v) is 3.47. The average molecular weight is 265 g/mol. The summed E-state index contributed by atoms with van der Waals surface area (Å²) in [5, 5.41) is 8.79. The predicted octanol–water partition coefficient (Wildman–Crippen LogP) is 2.74. The molecule has 0 fully saturated rings. The maximum absolute atomic E-state index is 10.7. The number of benzene rings is 1.